The van der Waals surface area contributed by atoms with Crippen molar-refractivity contribution in [2.75, 3.05) is 6.54 Å². The van der Waals surface area contributed by atoms with Crippen LogP contribution in [0.4, 0.5) is 0 Å². The van der Waals surface area contributed by atoms with Crippen LogP contribution in [0.3, 0.4) is 0 Å². The van der Waals surface area contributed by atoms with Gasteiger partial charge in [-0.2, -0.15) is 0 Å². The van der Waals surface area contributed by atoms with Gasteiger partial charge in [-0.05, 0) is 45.4 Å². The Labute approximate surface area is 124 Å². The molecule has 1 aromatic heterocycles. The molecule has 0 bridgehead atoms. The molecule has 1 amide bonds. The molecule has 0 fully saturated rings. The van der Waals surface area contributed by atoms with Crippen LogP contribution >= 0.6 is 0 Å². The molecule has 0 spiro atoms. The minimum atomic E-state index is -0.625. The highest BCUT2D eigenvalue weighted by Crippen LogP contribution is 2.23. The van der Waals surface area contributed by atoms with E-state index in [0.29, 0.717) is 18.5 Å². The summed E-state index contributed by atoms with van der Waals surface area (Å²) in [6.07, 6.45) is -0.169. The zero-order valence-electron chi connectivity index (χ0n) is 12.6. The lowest BCUT2D eigenvalue weighted by Gasteiger charge is -2.11. The van der Waals surface area contributed by atoms with Crippen LogP contribution in [0.25, 0.3) is 0 Å². The molecule has 0 radical (unpaired) electrons. The first kappa shape index (κ1) is 15.3. The maximum atomic E-state index is 12.0. The van der Waals surface area contributed by atoms with E-state index in [-0.39, 0.29) is 5.91 Å². The lowest BCUT2D eigenvalue weighted by molar-refractivity contribution is 0.0942. The normalized spacial score (nSPS) is 12.2. The first-order chi connectivity index (χ1) is 9.97. The average Bonchev–Trinajstić information content (AvgIpc) is 2.77. The van der Waals surface area contributed by atoms with Gasteiger partial charge < -0.3 is 14.8 Å². The Morgan fingerprint density at radius 1 is 1.29 bits per heavy atom. The fraction of sp³-hybridized carbons (Fsp3) is 0.353. The topological polar surface area (TPSA) is 62.5 Å². The third-order valence-corrected chi connectivity index (χ3v) is 3.42. The van der Waals surface area contributed by atoms with Gasteiger partial charge in [0.05, 0.1) is 6.10 Å². The second-order valence-corrected chi connectivity index (χ2v) is 5.30. The number of hydrogen-bond acceptors (Lipinski definition) is 3. The van der Waals surface area contributed by atoms with Crippen molar-refractivity contribution in [2.45, 2.75) is 33.3 Å². The minimum absolute atomic E-state index is 0.119. The third-order valence-electron chi connectivity index (χ3n) is 3.42. The summed E-state index contributed by atoms with van der Waals surface area (Å²) in [7, 11) is 0. The molecule has 4 heteroatoms. The van der Waals surface area contributed by atoms with E-state index < -0.39 is 6.10 Å². The van der Waals surface area contributed by atoms with E-state index in [1.807, 2.05) is 45.0 Å². The summed E-state index contributed by atoms with van der Waals surface area (Å²) in [6.45, 7) is 6.04. The second kappa shape index (κ2) is 6.59. The summed E-state index contributed by atoms with van der Waals surface area (Å²) in [5.74, 6) is 1.39. The zero-order chi connectivity index (χ0) is 15.4. The molecule has 0 aliphatic carbocycles. The lowest BCUT2D eigenvalue weighted by atomic mass is 10.1. The number of furan rings is 1. The number of hydrogen-bond donors (Lipinski definition) is 2. The smallest absolute Gasteiger partial charge is 0.251 e. The molecule has 0 aliphatic rings. The molecule has 1 unspecified atom stereocenters. The molecule has 2 aromatic rings. The predicted octanol–water partition coefficient (Wildman–Crippen LogP) is 3.06. The van der Waals surface area contributed by atoms with Gasteiger partial charge in [-0.3, -0.25) is 4.79 Å². The number of carbonyl (C=O) groups is 1. The van der Waals surface area contributed by atoms with Crippen molar-refractivity contribution in [2.24, 2.45) is 0 Å². The number of aliphatic hydroxyl groups excluding tert-OH is 1. The highest BCUT2D eigenvalue weighted by atomic mass is 16.3. The summed E-state index contributed by atoms with van der Waals surface area (Å²) in [5, 5.41) is 13.0. The van der Waals surface area contributed by atoms with Gasteiger partial charge in [0, 0.05) is 17.7 Å². The molecule has 0 saturated carbocycles. The maximum Gasteiger partial charge on any atom is 0.251 e. The van der Waals surface area contributed by atoms with Gasteiger partial charge in [-0.1, -0.05) is 17.7 Å². The van der Waals surface area contributed by atoms with Crippen molar-refractivity contribution in [3.05, 3.63) is 58.5 Å². The van der Waals surface area contributed by atoms with Crippen LogP contribution in [0.1, 0.15) is 45.5 Å². The van der Waals surface area contributed by atoms with Crippen LogP contribution in [-0.4, -0.2) is 17.6 Å². The molecule has 4 nitrogen and oxygen atoms in total. The van der Waals surface area contributed by atoms with Gasteiger partial charge in [0.25, 0.3) is 5.91 Å². The van der Waals surface area contributed by atoms with Gasteiger partial charge in [0.15, 0.2) is 0 Å². The summed E-state index contributed by atoms with van der Waals surface area (Å²) < 4.78 is 5.40. The van der Waals surface area contributed by atoms with E-state index >= 15 is 0 Å². The Morgan fingerprint density at radius 2 is 2.05 bits per heavy atom. The molecule has 1 aromatic carbocycles. The van der Waals surface area contributed by atoms with E-state index in [1.54, 1.807) is 6.07 Å². The van der Waals surface area contributed by atoms with Crippen molar-refractivity contribution in [3.63, 3.8) is 0 Å². The van der Waals surface area contributed by atoms with E-state index in [4.69, 9.17) is 4.42 Å². The molecular weight excluding hydrogens is 266 g/mol. The van der Waals surface area contributed by atoms with Crippen molar-refractivity contribution in [3.8, 4) is 0 Å². The number of nitrogens with one attached hydrogen (secondary N) is 1. The summed E-state index contributed by atoms with van der Waals surface area (Å²) >= 11 is 0. The first-order valence-corrected chi connectivity index (χ1v) is 7.07. The van der Waals surface area contributed by atoms with E-state index in [1.165, 1.54) is 0 Å². The van der Waals surface area contributed by atoms with Crippen LogP contribution in [0, 0.1) is 20.8 Å². The lowest BCUT2D eigenvalue weighted by Crippen LogP contribution is -2.25. The average molecular weight is 287 g/mol. The predicted molar refractivity (Wildman–Crippen MR) is 81.3 cm³/mol. The Morgan fingerprint density at radius 3 is 2.67 bits per heavy atom. The molecule has 2 N–H and O–H groups in total. The number of rotatable bonds is 5. The number of aryl methyl sites for hydroxylation is 3. The molecular formula is C17H21NO3. The van der Waals surface area contributed by atoms with Crippen LogP contribution in [0.2, 0.25) is 0 Å². The second-order valence-electron chi connectivity index (χ2n) is 5.30. The molecule has 1 atom stereocenters. The van der Waals surface area contributed by atoms with E-state index in [0.717, 1.165) is 22.6 Å². The van der Waals surface area contributed by atoms with Gasteiger partial charge in [-0.15, -0.1) is 0 Å². The molecule has 2 rings (SSSR count). The minimum Gasteiger partial charge on any atom is -0.466 e. The Hall–Kier alpha value is -2.07. The largest absolute Gasteiger partial charge is 0.466 e. The van der Waals surface area contributed by atoms with Gasteiger partial charge >= 0.3 is 0 Å². The Balaban J connectivity index is 1.87. The quantitative estimate of drug-likeness (QED) is 0.888. The Kier molecular flexibility index (Phi) is 4.81. The standard InChI is InChI=1S/C17H21NO3/c1-11-5-4-6-14(9-11)17(20)18-8-7-16(19)15-10-12(2)21-13(15)3/h4-6,9-10,16,19H,7-8H2,1-3H3,(H,18,20). The zero-order valence-corrected chi connectivity index (χ0v) is 12.6. The molecule has 1 heterocycles. The highest BCUT2D eigenvalue weighted by Gasteiger charge is 2.14. The molecule has 21 heavy (non-hydrogen) atoms. The van der Waals surface area contributed by atoms with Crippen molar-refractivity contribution >= 4 is 5.91 Å². The maximum absolute atomic E-state index is 12.0. The monoisotopic (exact) mass is 287 g/mol. The van der Waals surface area contributed by atoms with Gasteiger partial charge in [0.1, 0.15) is 11.5 Å². The highest BCUT2D eigenvalue weighted by molar-refractivity contribution is 5.94. The summed E-state index contributed by atoms with van der Waals surface area (Å²) in [5.41, 5.74) is 2.48. The molecule has 0 saturated heterocycles. The van der Waals surface area contributed by atoms with E-state index in [2.05, 4.69) is 5.32 Å². The van der Waals surface area contributed by atoms with Crippen LogP contribution < -0.4 is 5.32 Å². The number of benzene rings is 1. The van der Waals surface area contributed by atoms with Crippen LogP contribution in [0.5, 0.6) is 0 Å². The van der Waals surface area contributed by atoms with Crippen molar-refractivity contribution in [1.82, 2.24) is 5.32 Å². The number of amides is 1. The van der Waals surface area contributed by atoms with Crippen molar-refractivity contribution in [1.29, 1.82) is 0 Å². The van der Waals surface area contributed by atoms with Crippen LogP contribution in [-0.2, 0) is 0 Å². The van der Waals surface area contributed by atoms with Gasteiger partial charge in [-0.25, -0.2) is 0 Å². The fourth-order valence-electron chi connectivity index (χ4n) is 2.35. The number of carbonyl (C=O) groups excluding carboxylic acids is 1. The third kappa shape index (κ3) is 3.95. The summed E-state index contributed by atoms with van der Waals surface area (Å²) in [4.78, 5) is 12.0. The SMILES string of the molecule is Cc1cccc(C(=O)NCCC(O)c2cc(C)oc2C)c1. The van der Waals surface area contributed by atoms with Gasteiger partial charge in [0.2, 0.25) is 0 Å². The molecule has 0 aliphatic heterocycles. The summed E-state index contributed by atoms with van der Waals surface area (Å²) in [6, 6.07) is 9.27. The fourth-order valence-corrected chi connectivity index (χ4v) is 2.35. The first-order valence-electron chi connectivity index (χ1n) is 7.07. The Bertz CT molecular complexity index is 631. The van der Waals surface area contributed by atoms with Crippen LogP contribution in [0.15, 0.2) is 34.7 Å². The molecule has 112 valence electrons. The van der Waals surface area contributed by atoms with E-state index in [9.17, 15) is 9.90 Å². The number of aliphatic hydroxyl groups is 1. The van der Waals surface area contributed by atoms with Crippen molar-refractivity contribution < 1.29 is 14.3 Å².